The monoisotopic (exact) mass is 1390 g/mol. The van der Waals surface area contributed by atoms with Crippen molar-refractivity contribution in [3.8, 4) is 11.5 Å². The summed E-state index contributed by atoms with van der Waals surface area (Å²) in [5.74, 6) is -1.10. The fourth-order valence-electron chi connectivity index (χ4n) is 19.4. The van der Waals surface area contributed by atoms with E-state index >= 15 is 14.4 Å². The first-order valence-corrected chi connectivity index (χ1v) is 38.1. The Hall–Kier alpha value is -5.18. The Morgan fingerprint density at radius 1 is 0.450 bits per heavy atom. The first kappa shape index (κ1) is 85.5. The summed E-state index contributed by atoms with van der Waals surface area (Å²) in [7, 11) is 0. The highest BCUT2D eigenvalue weighted by molar-refractivity contribution is 6.05. The number of benzene rings is 2. The van der Waals surface area contributed by atoms with E-state index in [-0.39, 0.29) is 93.5 Å². The molecule has 2 aromatic rings. The second kappa shape index (κ2) is 29.8. The molecule has 1 aliphatic carbocycles. The zero-order valence-electron chi connectivity index (χ0n) is 69.2. The minimum atomic E-state index is -1.69. The van der Waals surface area contributed by atoms with Crippen molar-refractivity contribution < 1.29 is 48.5 Å². The Morgan fingerprint density at radius 2 is 0.720 bits per heavy atom. The number of hydrogen-bond acceptors (Lipinski definition) is 11. The maximum Gasteiger partial charge on any atom is 0.324 e. The van der Waals surface area contributed by atoms with E-state index in [0.29, 0.717) is 44.3 Å². The van der Waals surface area contributed by atoms with Gasteiger partial charge >= 0.3 is 11.9 Å². The molecule has 1 atom stereocenters. The van der Waals surface area contributed by atoms with Gasteiger partial charge in [-0.05, 0) is 207 Å². The predicted octanol–water partition coefficient (Wildman–Crippen LogP) is 17.8. The van der Waals surface area contributed by atoms with Gasteiger partial charge in [-0.3, -0.25) is 28.8 Å². The summed E-state index contributed by atoms with van der Waals surface area (Å²) in [6, 6.07) is 7.92. The fourth-order valence-corrected chi connectivity index (χ4v) is 19.4. The van der Waals surface area contributed by atoms with E-state index < -0.39 is 68.0 Å². The van der Waals surface area contributed by atoms with Crippen LogP contribution in [0.25, 0.3) is 0 Å². The molecule has 4 fully saturated rings. The maximum atomic E-state index is 15.1. The van der Waals surface area contributed by atoms with Gasteiger partial charge in [0.1, 0.15) is 29.1 Å². The van der Waals surface area contributed by atoms with Crippen LogP contribution in [-0.4, -0.2) is 113 Å². The van der Waals surface area contributed by atoms with E-state index in [9.17, 15) is 24.6 Å². The van der Waals surface area contributed by atoms with Crippen molar-refractivity contribution in [2.45, 2.75) is 410 Å². The molecule has 15 nitrogen and oxygen atoms in total. The van der Waals surface area contributed by atoms with E-state index in [1.165, 1.54) is 0 Å². The number of esters is 2. The minimum Gasteiger partial charge on any atom is -0.507 e. The van der Waals surface area contributed by atoms with Crippen LogP contribution in [0.5, 0.6) is 11.5 Å². The highest BCUT2D eigenvalue weighted by Gasteiger charge is 2.56. The molecule has 1 saturated carbocycles. The van der Waals surface area contributed by atoms with Gasteiger partial charge in [-0.2, -0.15) is 0 Å². The molecular weight excluding hydrogens is 1250 g/mol. The van der Waals surface area contributed by atoms with Gasteiger partial charge in [-0.15, -0.1) is 0 Å². The Labute approximate surface area is 607 Å². The number of nitrogens with zero attached hydrogens (tertiary/aromatic N) is 2. The van der Waals surface area contributed by atoms with Gasteiger partial charge in [0.25, 0.3) is 0 Å². The SMILES string of the molecule is CCCCC(Cc1cc(C(C)(C)C)c(O)c(C(C)(C)C)c1)(C(=O)NC1CC(C)(C)CC(C)(C)C1)C(=O)NC1CC(C)(C)NC(C)(C)C1.CCCCC(Cc1cc(C(C)(C)C)c(O)c(C(C)(C)C)c1)(C(=O)OC1CC(C)(C)N(C(C)=O)C(C)(C)C1)C(=O)OC1CC(C)(C)N(C(C)=O)C(C)(C)C1. The van der Waals surface area contributed by atoms with E-state index in [1.54, 1.807) is 13.8 Å². The van der Waals surface area contributed by atoms with Crippen LogP contribution in [0.3, 0.4) is 0 Å². The van der Waals surface area contributed by atoms with E-state index in [0.717, 1.165) is 84.7 Å². The summed E-state index contributed by atoms with van der Waals surface area (Å²) in [6.07, 6.45) is 9.08. The lowest BCUT2D eigenvalue weighted by Crippen LogP contribution is -2.64. The van der Waals surface area contributed by atoms with Crippen LogP contribution < -0.4 is 16.0 Å². The summed E-state index contributed by atoms with van der Waals surface area (Å²) in [5, 5.41) is 33.7. The number of carbonyl (C=O) groups is 6. The van der Waals surface area contributed by atoms with Crippen LogP contribution in [0.4, 0.5) is 0 Å². The molecular formula is C85H143N5O10. The van der Waals surface area contributed by atoms with Gasteiger partial charge in [0.2, 0.25) is 23.6 Å². The lowest BCUT2D eigenvalue weighted by molar-refractivity contribution is -0.189. The molecule has 0 radical (unpaired) electrons. The Morgan fingerprint density at radius 3 is 0.990 bits per heavy atom. The minimum absolute atomic E-state index is 0.00175. The number of piperidine rings is 3. The van der Waals surface area contributed by atoms with Gasteiger partial charge in [0.05, 0.1) is 0 Å². The third-order valence-electron chi connectivity index (χ3n) is 22.1. The quantitative estimate of drug-likeness (QED) is 0.0702. The largest absolute Gasteiger partial charge is 0.507 e. The number of amides is 4. The number of unbranched alkanes of at least 4 members (excludes halogenated alkanes) is 2. The van der Waals surface area contributed by atoms with E-state index in [2.05, 4.69) is 132 Å². The number of rotatable bonds is 18. The van der Waals surface area contributed by atoms with Crippen molar-refractivity contribution in [2.24, 2.45) is 21.7 Å². The van der Waals surface area contributed by atoms with Crippen molar-refractivity contribution in [3.05, 3.63) is 57.6 Å². The van der Waals surface area contributed by atoms with Gasteiger partial charge in [0, 0.05) is 84.8 Å². The molecule has 100 heavy (non-hydrogen) atoms. The molecule has 568 valence electrons. The molecule has 3 aliphatic heterocycles. The second-order valence-corrected chi connectivity index (χ2v) is 41.2. The van der Waals surface area contributed by atoms with Crippen molar-refractivity contribution in [3.63, 3.8) is 0 Å². The second-order valence-electron chi connectivity index (χ2n) is 41.2. The van der Waals surface area contributed by atoms with Gasteiger partial charge < -0.3 is 45.4 Å². The molecule has 0 aromatic heterocycles. The number of aromatic hydroxyl groups is 2. The van der Waals surface area contributed by atoms with Crippen LogP contribution in [-0.2, 0) is 72.7 Å². The number of phenolic OH excluding ortho intramolecular Hbond substituents is 2. The molecule has 1 unspecified atom stereocenters. The summed E-state index contributed by atoms with van der Waals surface area (Å²) < 4.78 is 13.0. The molecule has 5 N–H and O–H groups in total. The Kier molecular flexibility index (Phi) is 25.4. The molecule has 15 heteroatoms. The third-order valence-corrected chi connectivity index (χ3v) is 22.1. The van der Waals surface area contributed by atoms with E-state index in [4.69, 9.17) is 9.47 Å². The van der Waals surface area contributed by atoms with E-state index in [1.807, 2.05) is 126 Å². The first-order valence-electron chi connectivity index (χ1n) is 38.1. The standard InChI is InChI=1S/C44H72N2O7.C41H71N3O3/c1-18-19-20-44(23-30-21-33(38(4,5)6)35(49)34(22-30)39(7,8)9,36(50)52-31-24-40(10,11)45(28(2)47)41(12,13)25-31)37(51)53-32-26-42(14,15)46(29(3)48)43(16,17)27-32;1-16-17-18-41(33(46)42-28-22-37(8,9)26-38(10,11)23-28,34(47)43-29-24-39(12,13)44-40(14,15)25-29)21-27-19-30(35(2,3)4)32(45)31(20-27)36(5,6)7/h21-22,31-32,49H,18-20,23-27H2,1-17H3;19-20,28-29,44-45H,16-18,21-26H2,1-15H3,(H,42,46)(H,43,47). The summed E-state index contributed by atoms with van der Waals surface area (Å²) in [6.45, 7) is 66.0. The summed E-state index contributed by atoms with van der Waals surface area (Å²) >= 11 is 0. The maximum absolute atomic E-state index is 15.1. The summed E-state index contributed by atoms with van der Waals surface area (Å²) in [4.78, 5) is 89.5. The molecule has 4 aliphatic rings. The zero-order valence-corrected chi connectivity index (χ0v) is 69.2. The van der Waals surface area contributed by atoms with Crippen molar-refractivity contribution in [1.29, 1.82) is 0 Å². The van der Waals surface area contributed by atoms with Gasteiger partial charge in [-0.25, -0.2) is 0 Å². The summed E-state index contributed by atoms with van der Waals surface area (Å²) in [5.41, 5.74) is -2.04. The zero-order chi connectivity index (χ0) is 76.9. The average molecular weight is 1400 g/mol. The number of likely N-dealkylation sites (tertiary alicyclic amines) is 2. The fraction of sp³-hybridized carbons (Fsp3) is 0.788. The number of hydrogen-bond donors (Lipinski definition) is 5. The smallest absolute Gasteiger partial charge is 0.324 e. The molecule has 4 amide bonds. The first-order chi connectivity index (χ1) is 44.9. The Balaban J connectivity index is 0.000000363. The lowest BCUT2D eigenvalue weighted by atomic mass is 9.63. The van der Waals surface area contributed by atoms with Crippen LogP contribution in [0, 0.1) is 21.7 Å². The van der Waals surface area contributed by atoms with Crippen molar-refractivity contribution >= 4 is 35.6 Å². The highest BCUT2D eigenvalue weighted by Crippen LogP contribution is 2.50. The Bertz CT molecular complexity index is 3020. The molecule has 0 spiro atoms. The molecule has 3 heterocycles. The van der Waals surface area contributed by atoms with Crippen LogP contribution >= 0.6 is 0 Å². The topological polar surface area (TPSA) is 204 Å². The van der Waals surface area contributed by atoms with Crippen molar-refractivity contribution in [2.75, 3.05) is 0 Å². The van der Waals surface area contributed by atoms with Crippen LogP contribution in [0.1, 0.15) is 351 Å². The van der Waals surface area contributed by atoms with Gasteiger partial charge in [0.15, 0.2) is 5.41 Å². The molecule has 6 rings (SSSR count). The normalized spacial score (nSPS) is 21.6. The molecule has 2 aromatic carbocycles. The third kappa shape index (κ3) is 20.6. The molecule has 3 saturated heterocycles. The number of ether oxygens (including phenoxy) is 2. The molecule has 0 bridgehead atoms. The van der Waals surface area contributed by atoms with Gasteiger partial charge in [-0.1, -0.05) is 175 Å². The highest BCUT2D eigenvalue weighted by atomic mass is 16.6. The average Bonchev–Trinajstić information content (AvgIpc) is 0.764. The van der Waals surface area contributed by atoms with Crippen LogP contribution in [0.2, 0.25) is 0 Å². The predicted molar refractivity (Wildman–Crippen MR) is 408 cm³/mol. The number of phenols is 2. The number of nitrogens with one attached hydrogen (secondary N) is 3. The van der Waals surface area contributed by atoms with Crippen molar-refractivity contribution in [1.82, 2.24) is 25.8 Å². The lowest BCUT2D eigenvalue weighted by Gasteiger charge is -2.55. The number of carbonyl (C=O) groups excluding carboxylic acids is 6. The van der Waals surface area contributed by atoms with Crippen LogP contribution in [0.15, 0.2) is 24.3 Å².